The van der Waals surface area contributed by atoms with Crippen molar-refractivity contribution in [2.24, 2.45) is 0 Å². The summed E-state index contributed by atoms with van der Waals surface area (Å²) >= 11 is -2.17. The normalized spacial score (nSPS) is 34.4. The predicted octanol–water partition coefficient (Wildman–Crippen LogP) is 1.99. The molecule has 1 fully saturated rings. The van der Waals surface area contributed by atoms with Crippen LogP contribution in [0, 0.1) is 0 Å². The van der Waals surface area contributed by atoms with Crippen LogP contribution in [0.15, 0.2) is 30.3 Å². The van der Waals surface area contributed by atoms with Crippen molar-refractivity contribution in [2.75, 3.05) is 6.61 Å². The van der Waals surface area contributed by atoms with Crippen molar-refractivity contribution < 1.29 is 3.82 Å². The van der Waals surface area contributed by atoms with Crippen LogP contribution in [-0.2, 0) is 3.82 Å². The summed E-state index contributed by atoms with van der Waals surface area (Å²) in [6.45, 7) is 0.846. The van der Waals surface area contributed by atoms with Gasteiger partial charge in [-0.25, -0.2) is 0 Å². The Hall–Kier alpha value is -0.0105. The third kappa shape index (κ3) is 1.53. The first-order chi connectivity index (χ1) is 5.81. The van der Waals surface area contributed by atoms with Crippen LogP contribution in [0.1, 0.15) is 6.42 Å². The molecule has 1 saturated heterocycles. The Morgan fingerprint density at radius 2 is 2.00 bits per heavy atom. The average Bonchev–Trinajstić information content (AvgIpc) is 2.55. The van der Waals surface area contributed by atoms with Gasteiger partial charge in [-0.3, -0.25) is 0 Å². The van der Waals surface area contributed by atoms with Crippen molar-refractivity contribution in [2.45, 2.75) is 11.7 Å². The van der Waals surface area contributed by atoms with Gasteiger partial charge < -0.3 is 0 Å². The third-order valence-electron chi connectivity index (χ3n) is 1.92. The Morgan fingerprint density at radius 3 is 2.58 bits per heavy atom. The van der Waals surface area contributed by atoms with Gasteiger partial charge in [-0.2, -0.15) is 0 Å². The molecule has 66 valence electrons. The zero-order chi connectivity index (χ0) is 8.44. The minimum atomic E-state index is -2.17. The molecule has 0 aliphatic carbocycles. The third-order valence-corrected chi connectivity index (χ3v) is 9.00. The Bertz CT molecular complexity index is 256. The molecule has 1 heterocycles. The Labute approximate surface area is 79.5 Å². The summed E-state index contributed by atoms with van der Waals surface area (Å²) < 4.78 is 6.88. The summed E-state index contributed by atoms with van der Waals surface area (Å²) in [5.41, 5.74) is 0. The first-order valence-corrected chi connectivity index (χ1v) is 9.03. The molecule has 1 aliphatic rings. The zero-order valence-corrected chi connectivity index (χ0v) is 9.17. The van der Waals surface area contributed by atoms with E-state index in [1.54, 1.807) is 0 Å². The van der Waals surface area contributed by atoms with E-state index in [-0.39, 0.29) is 0 Å². The fraction of sp³-hybridized carbons (Fsp3) is 0.333. The molecule has 0 amide bonds. The number of hydrogen-bond acceptors (Lipinski definition) is 1. The van der Waals surface area contributed by atoms with E-state index in [0.29, 0.717) is 0 Å². The predicted molar refractivity (Wildman–Crippen MR) is 53.1 cm³/mol. The first kappa shape index (κ1) is 8.58. The van der Waals surface area contributed by atoms with Crippen LogP contribution < -0.4 is 4.46 Å². The second kappa shape index (κ2) is 3.39. The fourth-order valence-electron chi connectivity index (χ4n) is 1.30. The maximum absolute atomic E-state index is 6.43. The molecule has 1 aromatic carbocycles. The van der Waals surface area contributed by atoms with E-state index in [4.69, 9.17) is 13.9 Å². The molecule has 1 nitrogen and oxygen atoms in total. The quantitative estimate of drug-likeness (QED) is 0.692. The van der Waals surface area contributed by atoms with Gasteiger partial charge in [0.2, 0.25) is 0 Å². The van der Waals surface area contributed by atoms with E-state index >= 15 is 0 Å². The molecule has 3 heteroatoms. The van der Waals surface area contributed by atoms with Crippen molar-refractivity contribution in [3.05, 3.63) is 30.3 Å². The second-order valence-corrected chi connectivity index (χ2v) is 10.2. The monoisotopic (exact) mass is 250 g/mol. The van der Waals surface area contributed by atoms with Crippen LogP contribution in [-0.4, -0.2) is 18.9 Å². The second-order valence-electron chi connectivity index (χ2n) is 2.79. The summed E-state index contributed by atoms with van der Waals surface area (Å²) in [5, 5.41) is 1.07. The number of hydrogen-bond donors (Lipinski definition) is 0. The Morgan fingerprint density at radius 1 is 1.25 bits per heavy atom. The van der Waals surface area contributed by atoms with E-state index in [0.717, 1.165) is 18.3 Å². The van der Waals surface area contributed by atoms with Gasteiger partial charge in [-0.15, -0.1) is 0 Å². The van der Waals surface area contributed by atoms with Gasteiger partial charge in [0.15, 0.2) is 0 Å². The fourth-order valence-corrected chi connectivity index (χ4v) is 6.77. The standard InChI is InChI=1S/C9H11ClOSe/c10-12(8-4-7-11-12)9-5-2-1-3-6-9/h1-3,5-6H,4,7-8H2. The number of halogens is 1. The molecule has 0 spiro atoms. The molecule has 0 N–H and O–H groups in total. The summed E-state index contributed by atoms with van der Waals surface area (Å²) in [7, 11) is 6.43. The van der Waals surface area contributed by atoms with Crippen LogP contribution in [0.25, 0.3) is 0 Å². The summed E-state index contributed by atoms with van der Waals surface area (Å²) in [5.74, 6) is 0. The summed E-state index contributed by atoms with van der Waals surface area (Å²) in [4.78, 5) is 0. The van der Waals surface area contributed by atoms with E-state index in [9.17, 15) is 0 Å². The van der Waals surface area contributed by atoms with Crippen molar-refractivity contribution in [1.82, 2.24) is 0 Å². The van der Waals surface area contributed by atoms with Gasteiger partial charge in [0.05, 0.1) is 0 Å². The van der Waals surface area contributed by atoms with Crippen LogP contribution >= 0.6 is 10.1 Å². The van der Waals surface area contributed by atoms with E-state index in [1.807, 2.05) is 18.2 Å². The van der Waals surface area contributed by atoms with Crippen molar-refractivity contribution in [3.8, 4) is 0 Å². The van der Waals surface area contributed by atoms with E-state index in [2.05, 4.69) is 12.1 Å². The van der Waals surface area contributed by atoms with Crippen LogP contribution in [0.3, 0.4) is 0 Å². The SMILES string of the molecule is Cl[Se]1(c2ccccc2)CCCO1. The molecule has 1 unspecified atom stereocenters. The number of benzene rings is 1. The minimum absolute atomic E-state index is 0.846. The van der Waals surface area contributed by atoms with Crippen LogP contribution in [0.2, 0.25) is 5.32 Å². The van der Waals surface area contributed by atoms with Gasteiger partial charge in [-0.1, -0.05) is 0 Å². The van der Waals surface area contributed by atoms with Gasteiger partial charge in [0.25, 0.3) is 0 Å². The molecular weight excluding hydrogens is 239 g/mol. The maximum atomic E-state index is 6.43. The molecule has 2 rings (SSSR count). The van der Waals surface area contributed by atoms with E-state index in [1.165, 1.54) is 4.46 Å². The summed E-state index contributed by atoms with van der Waals surface area (Å²) in [6, 6.07) is 10.2. The molecule has 12 heavy (non-hydrogen) atoms. The Balaban J connectivity index is 2.29. The first-order valence-electron chi connectivity index (χ1n) is 4.01. The average molecular weight is 250 g/mol. The molecule has 1 aliphatic heterocycles. The van der Waals surface area contributed by atoms with Crippen LogP contribution in [0.4, 0.5) is 0 Å². The van der Waals surface area contributed by atoms with E-state index < -0.39 is 12.3 Å². The molecule has 0 radical (unpaired) electrons. The Kier molecular flexibility index (Phi) is 2.42. The summed E-state index contributed by atoms with van der Waals surface area (Å²) in [6.07, 6.45) is 1.12. The topological polar surface area (TPSA) is 9.23 Å². The molecule has 0 saturated carbocycles. The van der Waals surface area contributed by atoms with Crippen molar-refractivity contribution in [1.29, 1.82) is 0 Å². The van der Waals surface area contributed by atoms with Crippen molar-refractivity contribution >= 4 is 26.8 Å². The molecule has 0 bridgehead atoms. The van der Waals surface area contributed by atoms with Gasteiger partial charge >= 0.3 is 79.3 Å². The number of rotatable bonds is 1. The molecule has 1 atom stereocenters. The molecular formula is C9H11ClOSe. The van der Waals surface area contributed by atoms with Gasteiger partial charge in [0, 0.05) is 0 Å². The molecule has 0 aromatic heterocycles. The molecule has 1 aromatic rings. The van der Waals surface area contributed by atoms with Crippen LogP contribution in [0.5, 0.6) is 0 Å². The van der Waals surface area contributed by atoms with Gasteiger partial charge in [0.1, 0.15) is 0 Å². The zero-order valence-electron chi connectivity index (χ0n) is 6.70. The van der Waals surface area contributed by atoms with Gasteiger partial charge in [-0.05, 0) is 0 Å². The van der Waals surface area contributed by atoms with Crippen molar-refractivity contribution in [3.63, 3.8) is 0 Å².